The standard InChI is InChI=1S/C16H17N5O2/c1-16(2,3)10-4-6-11(7-5-10)19-13-12(17-8-9-18-13)14-20-15(22)23-21-14/h4-9H,1-3H3,(H,18,19)(H,20,21,22). The molecule has 1 aromatic carbocycles. The molecule has 0 amide bonds. The lowest BCUT2D eigenvalue weighted by Crippen LogP contribution is -2.10. The zero-order valence-corrected chi connectivity index (χ0v) is 13.1. The molecule has 7 nitrogen and oxygen atoms in total. The zero-order chi connectivity index (χ0) is 16.4. The highest BCUT2D eigenvalue weighted by Gasteiger charge is 2.15. The molecule has 2 aromatic heterocycles. The van der Waals surface area contributed by atoms with E-state index in [1.165, 1.54) is 11.8 Å². The van der Waals surface area contributed by atoms with Gasteiger partial charge in [-0.1, -0.05) is 38.1 Å². The third-order valence-corrected chi connectivity index (χ3v) is 3.38. The fourth-order valence-corrected chi connectivity index (χ4v) is 2.12. The summed E-state index contributed by atoms with van der Waals surface area (Å²) in [4.78, 5) is 22.0. The molecular formula is C16H17N5O2. The maximum absolute atomic E-state index is 11.1. The highest BCUT2D eigenvalue weighted by molar-refractivity contribution is 5.70. The van der Waals surface area contributed by atoms with Crippen molar-refractivity contribution in [2.45, 2.75) is 26.2 Å². The van der Waals surface area contributed by atoms with Crippen LogP contribution in [0.4, 0.5) is 11.5 Å². The first-order valence-corrected chi connectivity index (χ1v) is 7.18. The number of anilines is 2. The Hall–Kier alpha value is -2.96. The van der Waals surface area contributed by atoms with E-state index in [-0.39, 0.29) is 11.2 Å². The van der Waals surface area contributed by atoms with Crippen LogP contribution in [-0.4, -0.2) is 20.1 Å². The van der Waals surface area contributed by atoms with E-state index >= 15 is 0 Å². The largest absolute Gasteiger partial charge is 0.439 e. The molecular weight excluding hydrogens is 294 g/mol. The van der Waals surface area contributed by atoms with E-state index < -0.39 is 5.76 Å². The quantitative estimate of drug-likeness (QED) is 0.772. The molecule has 3 aromatic rings. The number of benzene rings is 1. The van der Waals surface area contributed by atoms with Gasteiger partial charge in [0, 0.05) is 18.1 Å². The molecule has 0 unspecified atom stereocenters. The predicted octanol–water partition coefficient (Wildman–Crippen LogP) is 2.86. The number of hydrogen-bond donors (Lipinski definition) is 2. The van der Waals surface area contributed by atoms with Crippen LogP contribution in [0.25, 0.3) is 11.5 Å². The van der Waals surface area contributed by atoms with Crippen LogP contribution in [-0.2, 0) is 5.41 Å². The maximum Gasteiger partial charge on any atom is 0.439 e. The van der Waals surface area contributed by atoms with Crippen molar-refractivity contribution >= 4 is 11.5 Å². The van der Waals surface area contributed by atoms with Crippen LogP contribution in [0, 0.1) is 0 Å². The van der Waals surface area contributed by atoms with Crippen LogP contribution in [0.1, 0.15) is 26.3 Å². The summed E-state index contributed by atoms with van der Waals surface area (Å²) in [7, 11) is 0. The molecule has 118 valence electrons. The molecule has 2 N–H and O–H groups in total. The fourth-order valence-electron chi connectivity index (χ4n) is 2.12. The fraction of sp³-hybridized carbons (Fsp3) is 0.250. The summed E-state index contributed by atoms with van der Waals surface area (Å²) < 4.78 is 4.52. The first-order valence-electron chi connectivity index (χ1n) is 7.18. The van der Waals surface area contributed by atoms with Gasteiger partial charge in [-0.05, 0) is 23.1 Å². The first kappa shape index (κ1) is 15.0. The van der Waals surface area contributed by atoms with Crippen molar-refractivity contribution in [2.75, 3.05) is 5.32 Å². The summed E-state index contributed by atoms with van der Waals surface area (Å²) in [5, 5.41) is 6.83. The average molecular weight is 311 g/mol. The van der Waals surface area contributed by atoms with E-state index in [0.717, 1.165) is 5.69 Å². The third-order valence-electron chi connectivity index (χ3n) is 3.38. The Morgan fingerprint density at radius 3 is 2.39 bits per heavy atom. The number of nitrogens with one attached hydrogen (secondary N) is 2. The maximum atomic E-state index is 11.1. The topological polar surface area (TPSA) is 96.7 Å². The molecule has 0 atom stereocenters. The van der Waals surface area contributed by atoms with E-state index in [4.69, 9.17) is 0 Å². The number of aromatic amines is 1. The van der Waals surface area contributed by atoms with Crippen LogP contribution in [0.5, 0.6) is 0 Å². The van der Waals surface area contributed by atoms with Gasteiger partial charge in [0.05, 0.1) is 0 Å². The molecule has 0 aliphatic carbocycles. The van der Waals surface area contributed by atoms with Crippen molar-refractivity contribution in [3.05, 3.63) is 52.8 Å². The highest BCUT2D eigenvalue weighted by Crippen LogP contribution is 2.26. The van der Waals surface area contributed by atoms with Crippen molar-refractivity contribution in [1.29, 1.82) is 0 Å². The molecule has 0 saturated carbocycles. The van der Waals surface area contributed by atoms with Crippen molar-refractivity contribution in [1.82, 2.24) is 20.1 Å². The second kappa shape index (κ2) is 5.68. The van der Waals surface area contributed by atoms with Gasteiger partial charge in [-0.3, -0.25) is 9.51 Å². The minimum Gasteiger partial charge on any atom is -0.338 e. The molecule has 0 bridgehead atoms. The molecule has 2 heterocycles. The minimum atomic E-state index is -0.633. The lowest BCUT2D eigenvalue weighted by molar-refractivity contribution is 0.387. The van der Waals surface area contributed by atoms with E-state index in [1.54, 1.807) is 6.20 Å². The van der Waals surface area contributed by atoms with Crippen LogP contribution >= 0.6 is 0 Å². The average Bonchev–Trinajstić information content (AvgIpc) is 2.94. The van der Waals surface area contributed by atoms with Gasteiger partial charge in [0.25, 0.3) is 0 Å². The molecule has 0 spiro atoms. The van der Waals surface area contributed by atoms with Crippen molar-refractivity contribution in [3.8, 4) is 11.5 Å². The summed E-state index contributed by atoms with van der Waals surface area (Å²) in [6.07, 6.45) is 3.09. The van der Waals surface area contributed by atoms with Gasteiger partial charge < -0.3 is 5.32 Å². The van der Waals surface area contributed by atoms with Crippen LogP contribution in [0.15, 0.2) is 46.0 Å². The van der Waals surface area contributed by atoms with Gasteiger partial charge >= 0.3 is 5.76 Å². The van der Waals surface area contributed by atoms with E-state index in [0.29, 0.717) is 11.5 Å². The lowest BCUT2D eigenvalue weighted by Gasteiger charge is -2.19. The Balaban J connectivity index is 1.90. The number of nitrogens with zero attached hydrogens (tertiary/aromatic N) is 3. The summed E-state index contributed by atoms with van der Waals surface area (Å²) in [5.74, 6) is 0.0867. The van der Waals surface area contributed by atoms with Gasteiger partial charge in [0.15, 0.2) is 11.5 Å². The molecule has 0 aliphatic heterocycles. The molecule has 23 heavy (non-hydrogen) atoms. The van der Waals surface area contributed by atoms with Crippen LogP contribution < -0.4 is 11.1 Å². The van der Waals surface area contributed by atoms with Gasteiger partial charge in [-0.2, -0.15) is 0 Å². The zero-order valence-electron chi connectivity index (χ0n) is 13.1. The van der Waals surface area contributed by atoms with Crippen molar-refractivity contribution in [3.63, 3.8) is 0 Å². The van der Waals surface area contributed by atoms with Crippen molar-refractivity contribution in [2.24, 2.45) is 0 Å². The number of rotatable bonds is 3. The Morgan fingerprint density at radius 2 is 1.78 bits per heavy atom. The Morgan fingerprint density at radius 1 is 1.09 bits per heavy atom. The highest BCUT2D eigenvalue weighted by atomic mass is 16.5. The monoisotopic (exact) mass is 311 g/mol. The SMILES string of the molecule is CC(C)(C)c1ccc(Nc2nccnc2-c2noc(=O)[nH]2)cc1. The van der Waals surface area contributed by atoms with Crippen molar-refractivity contribution < 1.29 is 4.52 Å². The van der Waals surface area contributed by atoms with Gasteiger partial charge in [0.2, 0.25) is 5.82 Å². The first-order chi connectivity index (χ1) is 10.9. The Bertz CT molecular complexity index is 859. The molecule has 7 heteroatoms. The minimum absolute atomic E-state index is 0.0937. The smallest absolute Gasteiger partial charge is 0.338 e. The van der Waals surface area contributed by atoms with Gasteiger partial charge in [-0.15, -0.1) is 0 Å². The molecule has 0 fully saturated rings. The summed E-state index contributed by atoms with van der Waals surface area (Å²) >= 11 is 0. The third kappa shape index (κ3) is 3.28. The summed E-state index contributed by atoms with van der Waals surface area (Å²) in [5.41, 5.74) is 2.61. The molecule has 3 rings (SSSR count). The Kier molecular flexibility index (Phi) is 3.69. The second-order valence-corrected chi connectivity index (χ2v) is 6.15. The summed E-state index contributed by atoms with van der Waals surface area (Å²) in [6, 6.07) is 8.09. The lowest BCUT2D eigenvalue weighted by atomic mass is 9.87. The second-order valence-electron chi connectivity index (χ2n) is 6.15. The normalized spacial score (nSPS) is 11.4. The number of hydrogen-bond acceptors (Lipinski definition) is 6. The molecule has 0 aliphatic rings. The molecule has 0 radical (unpaired) electrons. The number of H-pyrrole nitrogens is 1. The Labute approximate surface area is 132 Å². The molecule has 0 saturated heterocycles. The van der Waals surface area contributed by atoms with E-state index in [2.05, 4.69) is 62.9 Å². The number of aromatic nitrogens is 4. The van der Waals surface area contributed by atoms with E-state index in [1.807, 2.05) is 12.1 Å². The van der Waals surface area contributed by atoms with Crippen LogP contribution in [0.2, 0.25) is 0 Å². The van der Waals surface area contributed by atoms with Gasteiger partial charge in [0.1, 0.15) is 0 Å². The summed E-state index contributed by atoms with van der Waals surface area (Å²) in [6.45, 7) is 6.49. The van der Waals surface area contributed by atoms with Gasteiger partial charge in [-0.25, -0.2) is 14.8 Å². The van der Waals surface area contributed by atoms with Crippen LogP contribution in [0.3, 0.4) is 0 Å². The predicted molar refractivity (Wildman–Crippen MR) is 86.6 cm³/mol. The van der Waals surface area contributed by atoms with E-state index in [9.17, 15) is 4.79 Å².